The molecule has 1 aliphatic rings. The van der Waals surface area contributed by atoms with Gasteiger partial charge in [0.25, 0.3) is 11.8 Å². The number of halogens is 1. The monoisotopic (exact) mass is 370 g/mol. The molecule has 0 aromatic heterocycles. The average molecular weight is 370 g/mol. The highest BCUT2D eigenvalue weighted by atomic mass is 19.1. The van der Waals surface area contributed by atoms with E-state index in [1.54, 1.807) is 31.4 Å². The standard InChI is InChI=1S/C20H19FN2O4/c1-26-12-11-23-19(24)17(13-3-5-14(21)6-4-13)18(20(23)25)22-15-7-9-16(27-2)10-8-15/h3-10,22H,11-12H2,1-2H3. The quantitative estimate of drug-likeness (QED) is 0.759. The molecule has 2 aromatic rings. The minimum absolute atomic E-state index is 0.132. The number of hydrogen-bond donors (Lipinski definition) is 1. The van der Waals surface area contributed by atoms with Crippen molar-refractivity contribution >= 4 is 23.1 Å². The number of rotatable bonds is 7. The SMILES string of the molecule is COCCN1C(=O)C(Nc2ccc(OC)cc2)=C(c2ccc(F)cc2)C1=O. The highest BCUT2D eigenvalue weighted by Crippen LogP contribution is 2.30. The van der Waals surface area contributed by atoms with Gasteiger partial charge in [-0.2, -0.15) is 0 Å². The maximum atomic E-state index is 13.3. The van der Waals surface area contributed by atoms with Crippen LogP contribution < -0.4 is 10.1 Å². The van der Waals surface area contributed by atoms with Crippen LogP contribution in [0.15, 0.2) is 54.2 Å². The van der Waals surface area contributed by atoms with Crippen LogP contribution in [0.4, 0.5) is 10.1 Å². The Balaban J connectivity index is 1.99. The van der Waals surface area contributed by atoms with Crippen LogP contribution in [0.5, 0.6) is 5.75 Å². The maximum Gasteiger partial charge on any atom is 0.278 e. The van der Waals surface area contributed by atoms with Crippen LogP contribution in [0.1, 0.15) is 5.56 Å². The molecule has 0 unspecified atom stereocenters. The molecule has 140 valence electrons. The molecule has 3 rings (SSSR count). The largest absolute Gasteiger partial charge is 0.497 e. The molecule has 0 bridgehead atoms. The van der Waals surface area contributed by atoms with Gasteiger partial charge in [0, 0.05) is 12.8 Å². The number of hydrogen-bond acceptors (Lipinski definition) is 5. The number of nitrogens with one attached hydrogen (secondary N) is 1. The fraction of sp³-hybridized carbons (Fsp3) is 0.200. The Morgan fingerprint density at radius 1 is 0.963 bits per heavy atom. The summed E-state index contributed by atoms with van der Waals surface area (Å²) in [5, 5.41) is 3.02. The van der Waals surface area contributed by atoms with E-state index in [1.807, 2.05) is 0 Å². The number of methoxy groups -OCH3 is 2. The Hall–Kier alpha value is -3.19. The number of carbonyl (C=O) groups excluding carboxylic acids is 2. The summed E-state index contributed by atoms with van der Waals surface area (Å²) in [7, 11) is 3.06. The average Bonchev–Trinajstić information content (AvgIpc) is 2.91. The number of ether oxygens (including phenoxy) is 2. The fourth-order valence-electron chi connectivity index (χ4n) is 2.78. The summed E-state index contributed by atoms with van der Waals surface area (Å²) in [5.41, 5.74) is 1.44. The van der Waals surface area contributed by atoms with E-state index in [-0.39, 0.29) is 24.4 Å². The molecule has 0 saturated heterocycles. The molecule has 1 heterocycles. The first-order valence-corrected chi connectivity index (χ1v) is 8.31. The second-order valence-corrected chi connectivity index (χ2v) is 5.87. The molecule has 0 aliphatic carbocycles. The van der Waals surface area contributed by atoms with E-state index in [2.05, 4.69) is 5.32 Å². The Kier molecular flexibility index (Phi) is 5.52. The summed E-state index contributed by atoms with van der Waals surface area (Å²) in [6.07, 6.45) is 0. The lowest BCUT2D eigenvalue weighted by atomic mass is 10.0. The van der Waals surface area contributed by atoms with Crippen molar-refractivity contribution in [3.63, 3.8) is 0 Å². The minimum atomic E-state index is -0.452. The first-order chi connectivity index (χ1) is 13.0. The van der Waals surface area contributed by atoms with Crippen molar-refractivity contribution in [3.8, 4) is 5.75 Å². The van der Waals surface area contributed by atoms with Gasteiger partial charge in [-0.15, -0.1) is 0 Å². The third-order valence-corrected chi connectivity index (χ3v) is 4.18. The van der Waals surface area contributed by atoms with Gasteiger partial charge in [0.2, 0.25) is 0 Å². The van der Waals surface area contributed by atoms with Gasteiger partial charge in [0.15, 0.2) is 0 Å². The van der Waals surface area contributed by atoms with E-state index in [4.69, 9.17) is 9.47 Å². The summed E-state index contributed by atoms with van der Waals surface area (Å²) in [4.78, 5) is 26.8. The zero-order valence-electron chi connectivity index (χ0n) is 15.0. The summed E-state index contributed by atoms with van der Waals surface area (Å²) in [6.45, 7) is 0.358. The first kappa shape index (κ1) is 18.6. The van der Waals surface area contributed by atoms with E-state index in [9.17, 15) is 14.0 Å². The molecule has 0 fully saturated rings. The van der Waals surface area contributed by atoms with Gasteiger partial charge >= 0.3 is 0 Å². The molecule has 2 aromatic carbocycles. The third kappa shape index (κ3) is 3.83. The summed E-state index contributed by atoms with van der Waals surface area (Å²) in [5.74, 6) is -0.646. The van der Waals surface area contributed by atoms with Gasteiger partial charge < -0.3 is 14.8 Å². The maximum absolute atomic E-state index is 13.3. The van der Waals surface area contributed by atoms with Crippen molar-refractivity contribution in [2.45, 2.75) is 0 Å². The van der Waals surface area contributed by atoms with E-state index < -0.39 is 17.6 Å². The van der Waals surface area contributed by atoms with Crippen LogP contribution in [-0.2, 0) is 14.3 Å². The Morgan fingerprint density at radius 2 is 1.63 bits per heavy atom. The first-order valence-electron chi connectivity index (χ1n) is 8.31. The molecule has 0 saturated carbocycles. The summed E-state index contributed by atoms with van der Waals surface area (Å²) < 4.78 is 23.4. The Morgan fingerprint density at radius 3 is 2.22 bits per heavy atom. The second-order valence-electron chi connectivity index (χ2n) is 5.87. The summed E-state index contributed by atoms with van der Waals surface area (Å²) >= 11 is 0. The lowest BCUT2D eigenvalue weighted by molar-refractivity contribution is -0.137. The number of amides is 2. The molecule has 27 heavy (non-hydrogen) atoms. The second kappa shape index (κ2) is 8.01. The van der Waals surface area contributed by atoms with Crippen LogP contribution in [-0.4, -0.2) is 44.1 Å². The van der Waals surface area contributed by atoms with Gasteiger partial charge in [-0.25, -0.2) is 4.39 Å². The minimum Gasteiger partial charge on any atom is -0.497 e. The molecular formula is C20H19FN2O4. The van der Waals surface area contributed by atoms with E-state index in [0.29, 0.717) is 17.0 Å². The lowest BCUT2D eigenvalue weighted by Crippen LogP contribution is -2.35. The summed E-state index contributed by atoms with van der Waals surface area (Å²) in [6, 6.07) is 12.4. The van der Waals surface area contributed by atoms with E-state index in [1.165, 1.54) is 31.4 Å². The topological polar surface area (TPSA) is 67.9 Å². The van der Waals surface area contributed by atoms with Crippen LogP contribution in [0.3, 0.4) is 0 Å². The molecule has 0 radical (unpaired) electrons. The molecular weight excluding hydrogens is 351 g/mol. The molecule has 1 aliphatic heterocycles. The van der Waals surface area contributed by atoms with Crippen LogP contribution in [0.2, 0.25) is 0 Å². The van der Waals surface area contributed by atoms with Crippen molar-refractivity contribution in [2.75, 3.05) is 32.7 Å². The van der Waals surface area contributed by atoms with Crippen molar-refractivity contribution in [1.82, 2.24) is 4.90 Å². The highest BCUT2D eigenvalue weighted by molar-refractivity contribution is 6.36. The van der Waals surface area contributed by atoms with Crippen molar-refractivity contribution < 1.29 is 23.5 Å². The van der Waals surface area contributed by atoms with Gasteiger partial charge in [-0.05, 0) is 42.0 Å². The third-order valence-electron chi connectivity index (χ3n) is 4.18. The van der Waals surface area contributed by atoms with Crippen LogP contribution in [0.25, 0.3) is 5.57 Å². The number of nitrogens with zero attached hydrogens (tertiary/aromatic N) is 1. The number of carbonyl (C=O) groups is 2. The molecule has 0 atom stereocenters. The van der Waals surface area contributed by atoms with Gasteiger partial charge in [-0.3, -0.25) is 14.5 Å². The molecule has 6 nitrogen and oxygen atoms in total. The zero-order valence-corrected chi connectivity index (χ0v) is 15.0. The predicted octanol–water partition coefficient (Wildman–Crippen LogP) is 2.67. The smallest absolute Gasteiger partial charge is 0.278 e. The number of anilines is 1. The Labute approximate surface area is 156 Å². The number of imide groups is 1. The van der Waals surface area contributed by atoms with Gasteiger partial charge in [0.05, 0.1) is 25.8 Å². The van der Waals surface area contributed by atoms with Crippen LogP contribution >= 0.6 is 0 Å². The molecule has 1 N–H and O–H groups in total. The Bertz CT molecular complexity index is 876. The normalized spacial score (nSPS) is 14.1. The zero-order chi connectivity index (χ0) is 19.4. The van der Waals surface area contributed by atoms with Crippen molar-refractivity contribution in [1.29, 1.82) is 0 Å². The lowest BCUT2D eigenvalue weighted by Gasteiger charge is -2.14. The molecule has 0 spiro atoms. The van der Waals surface area contributed by atoms with E-state index >= 15 is 0 Å². The number of benzene rings is 2. The molecule has 7 heteroatoms. The van der Waals surface area contributed by atoms with Gasteiger partial charge in [0.1, 0.15) is 17.3 Å². The van der Waals surface area contributed by atoms with Crippen molar-refractivity contribution in [3.05, 3.63) is 65.6 Å². The van der Waals surface area contributed by atoms with Crippen molar-refractivity contribution in [2.24, 2.45) is 0 Å². The fourth-order valence-corrected chi connectivity index (χ4v) is 2.78. The predicted molar refractivity (Wildman–Crippen MR) is 98.5 cm³/mol. The van der Waals surface area contributed by atoms with E-state index in [0.717, 1.165) is 4.90 Å². The van der Waals surface area contributed by atoms with Gasteiger partial charge in [-0.1, -0.05) is 12.1 Å². The molecule has 2 amide bonds. The van der Waals surface area contributed by atoms with Crippen LogP contribution in [0, 0.1) is 5.82 Å². The highest BCUT2D eigenvalue weighted by Gasteiger charge is 2.38.